The monoisotopic (exact) mass is 350 g/mol. The fourth-order valence-corrected chi connectivity index (χ4v) is 5.21. The summed E-state index contributed by atoms with van der Waals surface area (Å²) >= 11 is 0. The summed E-state index contributed by atoms with van der Waals surface area (Å²) in [7, 11) is 0. The summed E-state index contributed by atoms with van der Waals surface area (Å²) in [5, 5.41) is 13.7. The number of carbonyl (C=O) groups excluding carboxylic acids is 2. The van der Waals surface area contributed by atoms with Crippen molar-refractivity contribution >= 4 is 11.9 Å². The summed E-state index contributed by atoms with van der Waals surface area (Å²) in [5.74, 6) is -0.0407. The quantitative estimate of drug-likeness (QED) is 0.561. The minimum atomic E-state index is -0.422. The third kappa shape index (κ3) is 3.01. The van der Waals surface area contributed by atoms with Gasteiger partial charge in [0.15, 0.2) is 0 Å². The molecule has 140 valence electrons. The number of carbonyl (C=O) groups is 2. The fraction of sp³-hybridized carbons (Fsp3) is 0.889. The topological polar surface area (TPSA) is 76.1 Å². The molecule has 0 unspecified atom stereocenters. The minimum Gasteiger partial charge on any atom is -0.352 e. The van der Waals surface area contributed by atoms with Crippen molar-refractivity contribution in [1.29, 1.82) is 0 Å². The lowest BCUT2D eigenvalue weighted by atomic mass is 9.60. The van der Waals surface area contributed by atoms with E-state index in [1.807, 2.05) is 0 Å². The fourth-order valence-electron chi connectivity index (χ4n) is 5.21. The molecule has 25 heavy (non-hydrogen) atoms. The predicted octanol–water partition coefficient (Wildman–Crippen LogP) is 1.42. The van der Waals surface area contributed by atoms with Crippen LogP contribution in [0, 0.1) is 5.41 Å². The number of amides is 3. The molecule has 4 aliphatic rings. The smallest absolute Gasteiger partial charge is 0.344 e. The van der Waals surface area contributed by atoms with Gasteiger partial charge in [-0.05, 0) is 44.1 Å². The number of piperidine rings is 1. The Morgan fingerprint density at radius 2 is 2.04 bits per heavy atom. The van der Waals surface area contributed by atoms with E-state index in [2.05, 4.69) is 17.1 Å². The van der Waals surface area contributed by atoms with Crippen molar-refractivity contribution < 1.29 is 14.8 Å². The minimum absolute atomic E-state index is 0.0407. The van der Waals surface area contributed by atoms with Gasteiger partial charge in [0, 0.05) is 25.7 Å². The van der Waals surface area contributed by atoms with Gasteiger partial charge in [-0.3, -0.25) is 10.0 Å². The van der Waals surface area contributed by atoms with Crippen molar-refractivity contribution in [3.63, 3.8) is 0 Å². The molecule has 2 N–H and O–H groups in total. The average molecular weight is 350 g/mol. The second-order valence-electron chi connectivity index (χ2n) is 8.56. The maximum absolute atomic E-state index is 12.6. The molecule has 1 saturated carbocycles. The number of fused-ring (bicyclic) bond motifs is 2. The summed E-state index contributed by atoms with van der Waals surface area (Å²) in [6.07, 6.45) is 7.34. The summed E-state index contributed by atoms with van der Waals surface area (Å²) in [5.41, 5.74) is 0.438. The van der Waals surface area contributed by atoms with Crippen molar-refractivity contribution in [1.82, 2.24) is 20.2 Å². The predicted molar refractivity (Wildman–Crippen MR) is 92.1 cm³/mol. The van der Waals surface area contributed by atoms with Crippen LogP contribution in [0.2, 0.25) is 0 Å². The molecule has 1 aliphatic carbocycles. The number of hydrogen-bond donors (Lipinski definition) is 2. The normalized spacial score (nSPS) is 31.2. The van der Waals surface area contributed by atoms with Gasteiger partial charge in [-0.25, -0.2) is 9.86 Å². The molecule has 0 aromatic carbocycles. The second-order valence-corrected chi connectivity index (χ2v) is 8.56. The first-order valence-corrected chi connectivity index (χ1v) is 9.83. The lowest BCUT2D eigenvalue weighted by molar-refractivity contribution is -0.131. The zero-order valence-electron chi connectivity index (χ0n) is 15.1. The Bertz CT molecular complexity index is 540. The molecular formula is C18H30N4O3. The first-order chi connectivity index (χ1) is 12.0. The van der Waals surface area contributed by atoms with E-state index in [0.717, 1.165) is 17.9 Å². The Kier molecular flexibility index (Phi) is 4.40. The van der Waals surface area contributed by atoms with E-state index in [1.165, 1.54) is 43.8 Å². The molecule has 3 amide bonds. The van der Waals surface area contributed by atoms with E-state index in [0.29, 0.717) is 24.8 Å². The zero-order chi connectivity index (χ0) is 17.6. The van der Waals surface area contributed by atoms with Crippen LogP contribution in [0.15, 0.2) is 0 Å². The maximum atomic E-state index is 12.6. The van der Waals surface area contributed by atoms with Crippen molar-refractivity contribution in [3.05, 3.63) is 0 Å². The van der Waals surface area contributed by atoms with Gasteiger partial charge in [0.1, 0.15) is 6.04 Å². The molecule has 7 nitrogen and oxygen atoms in total. The van der Waals surface area contributed by atoms with Gasteiger partial charge in [0.25, 0.3) is 0 Å². The van der Waals surface area contributed by atoms with E-state index >= 15 is 0 Å². The third-order valence-corrected chi connectivity index (χ3v) is 6.55. The molecule has 0 aromatic rings. The molecule has 4 rings (SSSR count). The molecule has 3 saturated heterocycles. The second kappa shape index (κ2) is 6.43. The highest BCUT2D eigenvalue weighted by Gasteiger charge is 2.53. The lowest BCUT2D eigenvalue weighted by Crippen LogP contribution is -2.67. The van der Waals surface area contributed by atoms with Crippen LogP contribution in [-0.4, -0.2) is 76.3 Å². The van der Waals surface area contributed by atoms with Crippen molar-refractivity contribution in [2.24, 2.45) is 5.41 Å². The molecule has 3 heterocycles. The number of unbranched alkanes of at least 4 members (excludes halogenated alkanes) is 2. The summed E-state index contributed by atoms with van der Waals surface area (Å²) < 4.78 is 0. The van der Waals surface area contributed by atoms with Crippen LogP contribution in [0.25, 0.3) is 0 Å². The molecule has 4 fully saturated rings. The van der Waals surface area contributed by atoms with Crippen LogP contribution in [-0.2, 0) is 4.79 Å². The number of likely N-dealkylation sites (tertiary alicyclic amines) is 1. The van der Waals surface area contributed by atoms with Gasteiger partial charge in [-0.1, -0.05) is 19.8 Å². The maximum Gasteiger partial charge on any atom is 0.344 e. The molecular weight excluding hydrogens is 320 g/mol. The van der Waals surface area contributed by atoms with Gasteiger partial charge >= 0.3 is 6.03 Å². The zero-order valence-corrected chi connectivity index (χ0v) is 15.1. The van der Waals surface area contributed by atoms with Gasteiger partial charge in [0.05, 0.1) is 6.04 Å². The van der Waals surface area contributed by atoms with Gasteiger partial charge in [-0.2, -0.15) is 0 Å². The van der Waals surface area contributed by atoms with Crippen LogP contribution in [0.5, 0.6) is 0 Å². The Morgan fingerprint density at radius 1 is 1.28 bits per heavy atom. The summed E-state index contributed by atoms with van der Waals surface area (Å²) in [4.78, 5) is 28.6. The number of hydroxylamine groups is 2. The molecule has 0 aromatic heterocycles. The first kappa shape index (κ1) is 17.1. The molecule has 1 spiro atoms. The van der Waals surface area contributed by atoms with E-state index in [1.54, 1.807) is 0 Å². The van der Waals surface area contributed by atoms with Crippen molar-refractivity contribution in [2.45, 2.75) is 70.0 Å². The molecule has 2 bridgehead atoms. The van der Waals surface area contributed by atoms with E-state index in [9.17, 15) is 14.8 Å². The summed E-state index contributed by atoms with van der Waals surface area (Å²) in [6, 6.07) is -0.720. The summed E-state index contributed by atoms with van der Waals surface area (Å²) in [6.45, 7) is 6.27. The number of hydrogen-bond acceptors (Lipinski definition) is 4. The van der Waals surface area contributed by atoms with Gasteiger partial charge in [-0.15, -0.1) is 0 Å². The highest BCUT2D eigenvalue weighted by molar-refractivity contribution is 5.88. The third-order valence-electron chi connectivity index (χ3n) is 6.55. The van der Waals surface area contributed by atoms with Crippen LogP contribution in [0.3, 0.4) is 0 Å². The standard InChI is InChI=1S/C18H30N4O3/c1-2-3-4-7-20-11-18(12-20)8-13(9-18)19-16(23)15-6-5-14-10-21(15)17(24)22(14)25/h13-15,25H,2-12H2,1H3,(H,19,23)/t14-,15+/m1/s1. The molecule has 3 aliphatic heterocycles. The van der Waals surface area contributed by atoms with Gasteiger partial charge < -0.3 is 15.1 Å². The number of nitrogens with one attached hydrogen (secondary N) is 1. The van der Waals surface area contributed by atoms with Gasteiger partial charge in [0.2, 0.25) is 5.91 Å². The largest absolute Gasteiger partial charge is 0.352 e. The van der Waals surface area contributed by atoms with Crippen LogP contribution in [0.1, 0.15) is 51.9 Å². The Hall–Kier alpha value is -1.34. The van der Waals surface area contributed by atoms with Crippen molar-refractivity contribution in [3.8, 4) is 0 Å². The Morgan fingerprint density at radius 3 is 2.76 bits per heavy atom. The SMILES string of the molecule is CCCCCN1CC2(CC(NC(=O)[C@@H]3CC[C@@H]4CN3C(=O)N4O)C2)C1. The Balaban J connectivity index is 1.20. The first-order valence-electron chi connectivity index (χ1n) is 9.83. The molecule has 0 radical (unpaired) electrons. The highest BCUT2D eigenvalue weighted by atomic mass is 16.5. The van der Waals surface area contributed by atoms with E-state index < -0.39 is 12.1 Å². The number of nitrogens with zero attached hydrogens (tertiary/aromatic N) is 3. The number of urea groups is 1. The molecule has 2 atom stereocenters. The molecule has 7 heteroatoms. The van der Waals surface area contributed by atoms with E-state index in [4.69, 9.17) is 0 Å². The number of rotatable bonds is 6. The van der Waals surface area contributed by atoms with Crippen LogP contribution in [0.4, 0.5) is 4.79 Å². The lowest BCUT2D eigenvalue weighted by Gasteiger charge is -2.59. The van der Waals surface area contributed by atoms with E-state index in [-0.39, 0.29) is 18.0 Å². The van der Waals surface area contributed by atoms with Crippen LogP contribution >= 0.6 is 0 Å². The average Bonchev–Trinajstić information content (AvgIpc) is 2.75. The van der Waals surface area contributed by atoms with Crippen LogP contribution < -0.4 is 5.32 Å². The highest BCUT2D eigenvalue weighted by Crippen LogP contribution is 2.48. The van der Waals surface area contributed by atoms with Crippen molar-refractivity contribution in [2.75, 3.05) is 26.2 Å². The Labute approximate surface area is 149 Å².